The first-order valence-electron chi connectivity index (χ1n) is 5.53. The highest BCUT2D eigenvalue weighted by atomic mass is 32.1. The van der Waals surface area contributed by atoms with Gasteiger partial charge >= 0.3 is 0 Å². The Bertz CT molecular complexity index is 548. The number of hydrogen-bond acceptors (Lipinski definition) is 4. The standard InChI is InChI=1S/C12H14N4S/c1-8(2)6-9-7-10(17)16-12(15-9)11-13-4-3-5-14-11/h3-5,7-8H,6H2,1-2H3,(H,15,16,17). The van der Waals surface area contributed by atoms with E-state index in [0.29, 0.717) is 22.2 Å². The number of hydrogen-bond donors (Lipinski definition) is 1. The fourth-order valence-corrected chi connectivity index (χ4v) is 1.82. The van der Waals surface area contributed by atoms with Gasteiger partial charge in [-0.1, -0.05) is 26.1 Å². The quantitative estimate of drug-likeness (QED) is 0.846. The molecule has 0 atom stereocenters. The number of nitrogens with zero attached hydrogens (tertiary/aromatic N) is 3. The van der Waals surface area contributed by atoms with Crippen LogP contribution in [-0.2, 0) is 6.42 Å². The zero-order chi connectivity index (χ0) is 12.3. The van der Waals surface area contributed by atoms with E-state index in [1.807, 2.05) is 6.07 Å². The molecule has 0 saturated carbocycles. The van der Waals surface area contributed by atoms with Crippen LogP contribution in [0.2, 0.25) is 0 Å². The topological polar surface area (TPSA) is 54.5 Å². The maximum Gasteiger partial charge on any atom is 0.195 e. The Morgan fingerprint density at radius 2 is 2.00 bits per heavy atom. The predicted octanol–water partition coefficient (Wildman–Crippen LogP) is 2.79. The van der Waals surface area contributed by atoms with Gasteiger partial charge in [0.15, 0.2) is 11.6 Å². The van der Waals surface area contributed by atoms with Gasteiger partial charge in [-0.3, -0.25) is 0 Å². The molecule has 0 aliphatic rings. The highest BCUT2D eigenvalue weighted by Crippen LogP contribution is 2.11. The SMILES string of the molecule is CC(C)Cc1cc(=S)nc(-c2ncccn2)[nH]1. The van der Waals surface area contributed by atoms with Crippen molar-refractivity contribution in [2.45, 2.75) is 20.3 Å². The van der Waals surface area contributed by atoms with Crippen LogP contribution in [0, 0.1) is 10.6 Å². The summed E-state index contributed by atoms with van der Waals surface area (Å²) in [5, 5.41) is 0. The molecule has 2 aromatic rings. The minimum Gasteiger partial charge on any atom is -0.340 e. The molecule has 0 fully saturated rings. The van der Waals surface area contributed by atoms with Gasteiger partial charge in [0.1, 0.15) is 4.64 Å². The lowest BCUT2D eigenvalue weighted by atomic mass is 10.1. The van der Waals surface area contributed by atoms with Crippen LogP contribution in [0.25, 0.3) is 11.6 Å². The summed E-state index contributed by atoms with van der Waals surface area (Å²) in [6.07, 6.45) is 4.32. The molecule has 2 heterocycles. The Balaban J connectivity index is 2.42. The van der Waals surface area contributed by atoms with E-state index in [4.69, 9.17) is 12.2 Å². The molecule has 0 radical (unpaired) electrons. The van der Waals surface area contributed by atoms with Gasteiger partial charge in [-0.2, -0.15) is 0 Å². The normalized spacial score (nSPS) is 10.8. The second-order valence-electron chi connectivity index (χ2n) is 4.26. The first-order valence-corrected chi connectivity index (χ1v) is 5.93. The Hall–Kier alpha value is -1.62. The van der Waals surface area contributed by atoms with E-state index in [1.54, 1.807) is 18.5 Å². The molecule has 0 amide bonds. The predicted molar refractivity (Wildman–Crippen MR) is 69.0 cm³/mol. The molecule has 0 aromatic carbocycles. The zero-order valence-corrected chi connectivity index (χ0v) is 10.7. The first kappa shape index (κ1) is 11.9. The highest BCUT2D eigenvalue weighted by molar-refractivity contribution is 7.71. The van der Waals surface area contributed by atoms with Crippen molar-refractivity contribution in [3.8, 4) is 11.6 Å². The molecule has 4 nitrogen and oxygen atoms in total. The zero-order valence-electron chi connectivity index (χ0n) is 9.84. The van der Waals surface area contributed by atoms with Crippen molar-refractivity contribution in [2.24, 2.45) is 5.92 Å². The average molecular weight is 246 g/mol. The number of aromatic nitrogens is 4. The van der Waals surface area contributed by atoms with E-state index in [-0.39, 0.29) is 0 Å². The summed E-state index contributed by atoms with van der Waals surface area (Å²) in [5.74, 6) is 1.77. The average Bonchev–Trinajstić information content (AvgIpc) is 2.28. The molecular weight excluding hydrogens is 232 g/mol. The molecule has 5 heteroatoms. The Morgan fingerprint density at radius 3 is 2.65 bits per heavy atom. The summed E-state index contributed by atoms with van der Waals surface area (Å²) < 4.78 is 0.571. The molecule has 2 rings (SSSR count). The van der Waals surface area contributed by atoms with E-state index < -0.39 is 0 Å². The van der Waals surface area contributed by atoms with Crippen LogP contribution in [0.3, 0.4) is 0 Å². The number of aromatic amines is 1. The lowest BCUT2D eigenvalue weighted by Crippen LogP contribution is -2.02. The van der Waals surface area contributed by atoms with Crippen LogP contribution in [0.4, 0.5) is 0 Å². The van der Waals surface area contributed by atoms with Crippen LogP contribution >= 0.6 is 12.2 Å². The van der Waals surface area contributed by atoms with Gasteiger partial charge in [-0.15, -0.1) is 0 Å². The van der Waals surface area contributed by atoms with E-state index in [9.17, 15) is 0 Å². The van der Waals surface area contributed by atoms with Crippen molar-refractivity contribution < 1.29 is 0 Å². The van der Waals surface area contributed by atoms with E-state index in [2.05, 4.69) is 33.8 Å². The molecule has 0 unspecified atom stereocenters. The van der Waals surface area contributed by atoms with Crippen molar-refractivity contribution in [1.29, 1.82) is 0 Å². The second-order valence-corrected chi connectivity index (χ2v) is 4.68. The lowest BCUT2D eigenvalue weighted by molar-refractivity contribution is 0.634. The summed E-state index contributed by atoms with van der Waals surface area (Å²) in [4.78, 5) is 15.8. The molecule has 2 aromatic heterocycles. The van der Waals surface area contributed by atoms with E-state index >= 15 is 0 Å². The third kappa shape index (κ3) is 3.17. The summed E-state index contributed by atoms with van der Waals surface area (Å²) in [5.41, 5.74) is 1.07. The fraction of sp³-hybridized carbons (Fsp3) is 0.333. The smallest absolute Gasteiger partial charge is 0.195 e. The van der Waals surface area contributed by atoms with Crippen molar-refractivity contribution in [1.82, 2.24) is 19.9 Å². The largest absolute Gasteiger partial charge is 0.340 e. The third-order valence-corrected chi connectivity index (χ3v) is 2.41. The van der Waals surface area contributed by atoms with Crippen molar-refractivity contribution in [2.75, 3.05) is 0 Å². The molecule has 0 saturated heterocycles. The second kappa shape index (κ2) is 5.14. The molecule has 17 heavy (non-hydrogen) atoms. The van der Waals surface area contributed by atoms with E-state index in [1.165, 1.54) is 0 Å². The van der Waals surface area contributed by atoms with E-state index in [0.717, 1.165) is 12.1 Å². The monoisotopic (exact) mass is 246 g/mol. The van der Waals surface area contributed by atoms with Gasteiger partial charge in [-0.05, 0) is 24.5 Å². The summed E-state index contributed by atoms with van der Waals surface area (Å²) in [6, 6.07) is 3.66. The number of H-pyrrole nitrogens is 1. The minimum absolute atomic E-state index is 0.563. The van der Waals surface area contributed by atoms with Gasteiger partial charge in [-0.25, -0.2) is 15.0 Å². The van der Waals surface area contributed by atoms with Gasteiger partial charge in [0.25, 0.3) is 0 Å². The van der Waals surface area contributed by atoms with Crippen LogP contribution in [0.15, 0.2) is 24.5 Å². The first-order chi connectivity index (χ1) is 8.15. The molecular formula is C12H14N4S. The van der Waals surface area contributed by atoms with Crippen LogP contribution in [0.5, 0.6) is 0 Å². The van der Waals surface area contributed by atoms with Crippen molar-refractivity contribution in [3.63, 3.8) is 0 Å². The van der Waals surface area contributed by atoms with Crippen LogP contribution in [0.1, 0.15) is 19.5 Å². The fourth-order valence-electron chi connectivity index (χ4n) is 1.58. The minimum atomic E-state index is 0.563. The third-order valence-electron chi connectivity index (χ3n) is 2.20. The van der Waals surface area contributed by atoms with Crippen molar-refractivity contribution >= 4 is 12.2 Å². The molecule has 0 aliphatic carbocycles. The summed E-state index contributed by atoms with van der Waals surface area (Å²) in [7, 11) is 0. The van der Waals surface area contributed by atoms with Crippen LogP contribution in [-0.4, -0.2) is 19.9 Å². The Labute approximate surface area is 105 Å². The van der Waals surface area contributed by atoms with Gasteiger partial charge in [0.05, 0.1) is 0 Å². The number of rotatable bonds is 3. The maximum atomic E-state index is 5.15. The number of nitrogens with one attached hydrogen (secondary N) is 1. The van der Waals surface area contributed by atoms with Gasteiger partial charge < -0.3 is 4.98 Å². The highest BCUT2D eigenvalue weighted by Gasteiger charge is 2.05. The molecule has 1 N–H and O–H groups in total. The van der Waals surface area contributed by atoms with Crippen LogP contribution < -0.4 is 0 Å². The molecule has 0 spiro atoms. The molecule has 0 bridgehead atoms. The summed E-state index contributed by atoms with van der Waals surface area (Å²) >= 11 is 5.15. The van der Waals surface area contributed by atoms with Gasteiger partial charge in [0.2, 0.25) is 0 Å². The van der Waals surface area contributed by atoms with Crippen molar-refractivity contribution in [3.05, 3.63) is 34.9 Å². The molecule has 88 valence electrons. The molecule has 0 aliphatic heterocycles. The Kier molecular flexibility index (Phi) is 3.58. The maximum absolute atomic E-state index is 5.15. The van der Waals surface area contributed by atoms with Gasteiger partial charge in [0, 0.05) is 18.1 Å². The lowest BCUT2D eigenvalue weighted by Gasteiger charge is -2.07. The Morgan fingerprint density at radius 1 is 1.29 bits per heavy atom. The summed E-state index contributed by atoms with van der Waals surface area (Å²) in [6.45, 7) is 4.33.